The third kappa shape index (κ3) is 4.11. The molecule has 15 heavy (non-hydrogen) atoms. The Bertz CT molecular complexity index is 309. The van der Waals surface area contributed by atoms with Crippen molar-refractivity contribution in [1.82, 2.24) is 10.3 Å². The lowest BCUT2D eigenvalue weighted by Crippen LogP contribution is -2.27. The summed E-state index contributed by atoms with van der Waals surface area (Å²) in [5.41, 5.74) is 0.898. The number of nitrogens with zero attached hydrogens (tertiary/aromatic N) is 1. The standard InChI is InChI=1S/C12H18N2O/c1-9(2)8-12(15)14-10(3)11-6-4-5-7-13-11/h4-7,9-10H,8H2,1-3H3,(H,14,15)/t10-/m0/s1. The average molecular weight is 206 g/mol. The molecule has 1 atom stereocenters. The monoisotopic (exact) mass is 206 g/mol. The number of hydrogen-bond donors (Lipinski definition) is 1. The molecule has 0 fully saturated rings. The number of pyridine rings is 1. The van der Waals surface area contributed by atoms with Crippen LogP contribution in [0.3, 0.4) is 0 Å². The zero-order valence-corrected chi connectivity index (χ0v) is 9.53. The summed E-state index contributed by atoms with van der Waals surface area (Å²) in [4.78, 5) is 15.7. The molecule has 0 aliphatic carbocycles. The van der Waals surface area contributed by atoms with Gasteiger partial charge in [0.05, 0.1) is 11.7 Å². The van der Waals surface area contributed by atoms with Crippen LogP contribution in [0.4, 0.5) is 0 Å². The summed E-state index contributed by atoms with van der Waals surface area (Å²) < 4.78 is 0. The van der Waals surface area contributed by atoms with E-state index in [2.05, 4.69) is 10.3 Å². The van der Waals surface area contributed by atoms with E-state index in [9.17, 15) is 4.79 Å². The minimum atomic E-state index is -0.0163. The van der Waals surface area contributed by atoms with E-state index < -0.39 is 0 Å². The van der Waals surface area contributed by atoms with Gasteiger partial charge >= 0.3 is 0 Å². The fourth-order valence-electron chi connectivity index (χ4n) is 1.38. The van der Waals surface area contributed by atoms with Crippen LogP contribution in [0.1, 0.15) is 38.9 Å². The van der Waals surface area contributed by atoms with E-state index in [-0.39, 0.29) is 11.9 Å². The molecule has 3 heteroatoms. The van der Waals surface area contributed by atoms with Crippen LogP contribution in [0.25, 0.3) is 0 Å². The first-order chi connectivity index (χ1) is 7.09. The molecule has 82 valence electrons. The minimum Gasteiger partial charge on any atom is -0.348 e. The number of amides is 1. The molecule has 0 spiro atoms. The lowest BCUT2D eigenvalue weighted by atomic mass is 10.1. The van der Waals surface area contributed by atoms with Crippen molar-refractivity contribution in [2.24, 2.45) is 5.92 Å². The van der Waals surface area contributed by atoms with Gasteiger partial charge in [0, 0.05) is 12.6 Å². The quantitative estimate of drug-likeness (QED) is 0.821. The van der Waals surface area contributed by atoms with Gasteiger partial charge in [-0.05, 0) is 25.0 Å². The number of hydrogen-bond acceptors (Lipinski definition) is 2. The summed E-state index contributed by atoms with van der Waals surface area (Å²) in [6, 6.07) is 5.69. The normalized spacial score (nSPS) is 12.5. The van der Waals surface area contributed by atoms with Crippen molar-refractivity contribution in [2.45, 2.75) is 33.2 Å². The van der Waals surface area contributed by atoms with Crippen LogP contribution in [-0.4, -0.2) is 10.9 Å². The Morgan fingerprint density at radius 2 is 2.13 bits per heavy atom. The summed E-state index contributed by atoms with van der Waals surface area (Å²) in [7, 11) is 0. The summed E-state index contributed by atoms with van der Waals surface area (Å²) in [6.45, 7) is 6.01. The van der Waals surface area contributed by atoms with Crippen LogP contribution < -0.4 is 5.32 Å². The molecule has 0 saturated heterocycles. The van der Waals surface area contributed by atoms with Crippen LogP contribution in [0.15, 0.2) is 24.4 Å². The molecule has 0 unspecified atom stereocenters. The molecule has 0 radical (unpaired) electrons. The van der Waals surface area contributed by atoms with Crippen LogP contribution in [-0.2, 0) is 4.79 Å². The van der Waals surface area contributed by atoms with Crippen molar-refractivity contribution in [3.05, 3.63) is 30.1 Å². The first kappa shape index (κ1) is 11.7. The highest BCUT2D eigenvalue weighted by atomic mass is 16.1. The summed E-state index contributed by atoms with van der Waals surface area (Å²) in [5, 5.41) is 2.93. The van der Waals surface area contributed by atoms with Gasteiger partial charge in [0.2, 0.25) is 5.91 Å². The fourth-order valence-corrected chi connectivity index (χ4v) is 1.38. The molecule has 1 aromatic rings. The molecule has 0 bridgehead atoms. The van der Waals surface area contributed by atoms with E-state index in [0.29, 0.717) is 12.3 Å². The van der Waals surface area contributed by atoms with Crippen molar-refractivity contribution in [1.29, 1.82) is 0 Å². The van der Waals surface area contributed by atoms with Crippen molar-refractivity contribution in [3.8, 4) is 0 Å². The van der Waals surface area contributed by atoms with Gasteiger partial charge in [0.1, 0.15) is 0 Å². The predicted molar refractivity (Wildman–Crippen MR) is 60.2 cm³/mol. The van der Waals surface area contributed by atoms with Gasteiger partial charge in [-0.2, -0.15) is 0 Å². The lowest BCUT2D eigenvalue weighted by Gasteiger charge is -2.14. The number of nitrogens with one attached hydrogen (secondary N) is 1. The molecule has 1 N–H and O–H groups in total. The lowest BCUT2D eigenvalue weighted by molar-refractivity contribution is -0.122. The van der Waals surface area contributed by atoms with E-state index in [1.165, 1.54) is 0 Å². The van der Waals surface area contributed by atoms with Crippen LogP contribution >= 0.6 is 0 Å². The maximum absolute atomic E-state index is 11.5. The number of rotatable bonds is 4. The van der Waals surface area contributed by atoms with E-state index in [1.54, 1.807) is 6.20 Å². The molecular formula is C12H18N2O. The SMILES string of the molecule is CC(C)CC(=O)N[C@@H](C)c1ccccn1. The van der Waals surface area contributed by atoms with Crippen molar-refractivity contribution in [2.75, 3.05) is 0 Å². The van der Waals surface area contributed by atoms with Crippen LogP contribution in [0.2, 0.25) is 0 Å². The number of carbonyl (C=O) groups is 1. The highest BCUT2D eigenvalue weighted by Crippen LogP contribution is 2.09. The van der Waals surface area contributed by atoms with Gasteiger partial charge in [-0.25, -0.2) is 0 Å². The Morgan fingerprint density at radius 3 is 2.67 bits per heavy atom. The smallest absolute Gasteiger partial charge is 0.220 e. The van der Waals surface area contributed by atoms with E-state index in [0.717, 1.165) is 5.69 Å². The molecule has 0 aromatic carbocycles. The van der Waals surface area contributed by atoms with E-state index in [4.69, 9.17) is 0 Å². The second-order valence-electron chi connectivity index (χ2n) is 4.14. The number of carbonyl (C=O) groups excluding carboxylic acids is 1. The van der Waals surface area contributed by atoms with Crippen LogP contribution in [0.5, 0.6) is 0 Å². The summed E-state index contributed by atoms with van der Waals surface area (Å²) in [6.07, 6.45) is 2.30. The van der Waals surface area contributed by atoms with Crippen molar-refractivity contribution >= 4 is 5.91 Å². The Balaban J connectivity index is 2.49. The van der Waals surface area contributed by atoms with Gasteiger partial charge in [-0.1, -0.05) is 19.9 Å². The average Bonchev–Trinajstić information content (AvgIpc) is 2.17. The Labute approximate surface area is 90.9 Å². The second-order valence-corrected chi connectivity index (χ2v) is 4.14. The number of aromatic nitrogens is 1. The maximum Gasteiger partial charge on any atom is 0.220 e. The highest BCUT2D eigenvalue weighted by molar-refractivity contribution is 5.76. The third-order valence-corrected chi connectivity index (χ3v) is 2.10. The van der Waals surface area contributed by atoms with Gasteiger partial charge in [0.15, 0.2) is 0 Å². The zero-order chi connectivity index (χ0) is 11.3. The summed E-state index contributed by atoms with van der Waals surface area (Å²) >= 11 is 0. The van der Waals surface area contributed by atoms with E-state index in [1.807, 2.05) is 39.0 Å². The van der Waals surface area contributed by atoms with Gasteiger partial charge in [0.25, 0.3) is 0 Å². The van der Waals surface area contributed by atoms with Gasteiger partial charge in [-0.3, -0.25) is 9.78 Å². The predicted octanol–water partition coefficient (Wildman–Crippen LogP) is 2.30. The molecule has 1 rings (SSSR count). The third-order valence-electron chi connectivity index (χ3n) is 2.10. The van der Waals surface area contributed by atoms with E-state index >= 15 is 0 Å². The van der Waals surface area contributed by atoms with Crippen molar-refractivity contribution in [3.63, 3.8) is 0 Å². The largest absolute Gasteiger partial charge is 0.348 e. The zero-order valence-electron chi connectivity index (χ0n) is 9.53. The topological polar surface area (TPSA) is 42.0 Å². The first-order valence-electron chi connectivity index (χ1n) is 5.30. The first-order valence-corrected chi connectivity index (χ1v) is 5.30. The van der Waals surface area contributed by atoms with Gasteiger partial charge in [-0.15, -0.1) is 0 Å². The molecule has 1 aromatic heterocycles. The van der Waals surface area contributed by atoms with Crippen LogP contribution in [0, 0.1) is 5.92 Å². The molecule has 0 saturated carbocycles. The Morgan fingerprint density at radius 1 is 1.40 bits per heavy atom. The highest BCUT2D eigenvalue weighted by Gasteiger charge is 2.10. The fraction of sp³-hybridized carbons (Fsp3) is 0.500. The maximum atomic E-state index is 11.5. The molecule has 3 nitrogen and oxygen atoms in total. The Kier molecular flexibility index (Phi) is 4.28. The minimum absolute atomic E-state index is 0.0163. The second kappa shape index (κ2) is 5.49. The molecule has 0 aliphatic heterocycles. The Hall–Kier alpha value is -1.38. The molecule has 0 aliphatic rings. The van der Waals surface area contributed by atoms with Gasteiger partial charge < -0.3 is 5.32 Å². The van der Waals surface area contributed by atoms with Crippen molar-refractivity contribution < 1.29 is 4.79 Å². The molecular weight excluding hydrogens is 188 g/mol. The molecule has 1 amide bonds. The summed E-state index contributed by atoms with van der Waals surface area (Å²) in [5.74, 6) is 0.476. The molecule has 1 heterocycles.